The van der Waals surface area contributed by atoms with Gasteiger partial charge in [-0.3, -0.25) is 0 Å². The van der Waals surface area contributed by atoms with Gasteiger partial charge in [-0.15, -0.1) is 0 Å². The molecule has 0 fully saturated rings. The zero-order chi connectivity index (χ0) is 12.5. The maximum atomic E-state index is 12.4. The van der Waals surface area contributed by atoms with Gasteiger partial charge in [0.2, 0.25) is 0 Å². The van der Waals surface area contributed by atoms with Crippen molar-refractivity contribution < 1.29 is 13.2 Å². The highest BCUT2D eigenvalue weighted by atomic mass is 19.4. The van der Waals surface area contributed by atoms with Crippen molar-refractivity contribution in [3.05, 3.63) is 36.2 Å². The van der Waals surface area contributed by atoms with Crippen LogP contribution in [0.4, 0.5) is 19.0 Å². The molecule has 0 bridgehead atoms. The summed E-state index contributed by atoms with van der Waals surface area (Å²) in [4.78, 5) is 4.08. The minimum absolute atomic E-state index is 0.326. The Morgan fingerprint density at radius 3 is 2.59 bits per heavy atom. The number of anilines is 1. The molecule has 2 aromatic rings. The Morgan fingerprint density at radius 2 is 2.00 bits per heavy atom. The van der Waals surface area contributed by atoms with Gasteiger partial charge in [-0.05, 0) is 18.2 Å². The van der Waals surface area contributed by atoms with Crippen molar-refractivity contribution in [2.75, 3.05) is 12.4 Å². The minimum atomic E-state index is -4.44. The Hall–Kier alpha value is -2.05. The van der Waals surface area contributed by atoms with Crippen molar-refractivity contribution in [2.45, 2.75) is 6.18 Å². The molecule has 1 N–H and O–H groups in total. The van der Waals surface area contributed by atoms with Gasteiger partial charge in [0.05, 0.1) is 0 Å². The molecule has 0 atom stereocenters. The van der Waals surface area contributed by atoms with E-state index < -0.39 is 11.9 Å². The quantitative estimate of drug-likeness (QED) is 0.878. The van der Waals surface area contributed by atoms with Crippen molar-refractivity contribution in [3.8, 4) is 5.82 Å². The van der Waals surface area contributed by atoms with Crippen molar-refractivity contribution in [1.82, 2.24) is 14.8 Å². The zero-order valence-electron chi connectivity index (χ0n) is 8.86. The first-order valence-corrected chi connectivity index (χ1v) is 4.79. The first kappa shape index (κ1) is 11.4. The van der Waals surface area contributed by atoms with Gasteiger partial charge in [-0.1, -0.05) is 6.07 Å². The molecule has 7 heteroatoms. The predicted molar refractivity (Wildman–Crippen MR) is 55.9 cm³/mol. The first-order valence-electron chi connectivity index (χ1n) is 4.79. The Balaban J connectivity index is 2.37. The first-order chi connectivity index (χ1) is 8.00. The molecular weight excluding hydrogens is 233 g/mol. The van der Waals surface area contributed by atoms with Gasteiger partial charge < -0.3 is 5.32 Å². The lowest BCUT2D eigenvalue weighted by molar-refractivity contribution is -0.141. The van der Waals surface area contributed by atoms with Crippen LogP contribution in [0.25, 0.3) is 5.82 Å². The molecule has 0 radical (unpaired) electrons. The summed E-state index contributed by atoms with van der Waals surface area (Å²) >= 11 is 0. The molecule has 0 amide bonds. The van der Waals surface area contributed by atoms with E-state index in [1.807, 2.05) is 0 Å². The van der Waals surface area contributed by atoms with E-state index in [9.17, 15) is 13.2 Å². The maximum absolute atomic E-state index is 12.4. The highest BCUT2D eigenvalue weighted by Crippen LogP contribution is 2.27. The SMILES string of the molecule is CNc1cccc(-n2ccc(C(F)(F)F)n2)n1. The predicted octanol–water partition coefficient (Wildman–Crippen LogP) is 2.33. The average Bonchev–Trinajstić information content (AvgIpc) is 2.78. The summed E-state index contributed by atoms with van der Waals surface area (Å²) < 4.78 is 38.1. The lowest BCUT2D eigenvalue weighted by atomic mass is 10.4. The number of pyridine rings is 1. The lowest BCUT2D eigenvalue weighted by Crippen LogP contribution is -2.08. The van der Waals surface area contributed by atoms with E-state index in [4.69, 9.17) is 0 Å². The average molecular weight is 242 g/mol. The molecule has 0 aliphatic carbocycles. The molecule has 2 aromatic heterocycles. The summed E-state index contributed by atoms with van der Waals surface area (Å²) in [6.07, 6.45) is -3.21. The van der Waals surface area contributed by atoms with Crippen molar-refractivity contribution in [2.24, 2.45) is 0 Å². The number of nitrogens with zero attached hydrogens (tertiary/aromatic N) is 3. The molecule has 0 saturated carbocycles. The second-order valence-electron chi connectivity index (χ2n) is 3.27. The van der Waals surface area contributed by atoms with E-state index in [0.29, 0.717) is 11.6 Å². The number of rotatable bonds is 2. The number of halogens is 3. The highest BCUT2D eigenvalue weighted by Gasteiger charge is 2.33. The number of hydrogen-bond donors (Lipinski definition) is 1. The van der Waals surface area contributed by atoms with Crippen molar-refractivity contribution >= 4 is 5.82 Å². The number of alkyl halides is 3. The van der Waals surface area contributed by atoms with Gasteiger partial charge in [0, 0.05) is 13.2 Å². The molecule has 0 unspecified atom stereocenters. The molecule has 0 aromatic carbocycles. The summed E-state index contributed by atoms with van der Waals surface area (Å²) in [5.41, 5.74) is -0.936. The summed E-state index contributed by atoms with van der Waals surface area (Å²) in [6.45, 7) is 0. The van der Waals surface area contributed by atoms with E-state index in [1.165, 1.54) is 6.20 Å². The summed E-state index contributed by atoms with van der Waals surface area (Å²) in [7, 11) is 1.68. The van der Waals surface area contributed by atoms with Gasteiger partial charge in [0.15, 0.2) is 11.5 Å². The van der Waals surface area contributed by atoms with Gasteiger partial charge in [0.25, 0.3) is 0 Å². The van der Waals surface area contributed by atoms with Crippen LogP contribution in [0.3, 0.4) is 0 Å². The molecule has 4 nitrogen and oxygen atoms in total. The fourth-order valence-corrected chi connectivity index (χ4v) is 1.29. The monoisotopic (exact) mass is 242 g/mol. The molecule has 0 spiro atoms. The van der Waals surface area contributed by atoms with E-state index >= 15 is 0 Å². The summed E-state index contributed by atoms with van der Waals surface area (Å²) in [5.74, 6) is 0.888. The minimum Gasteiger partial charge on any atom is -0.373 e. The molecule has 2 rings (SSSR count). The van der Waals surface area contributed by atoms with E-state index in [0.717, 1.165) is 10.7 Å². The number of nitrogens with one attached hydrogen (secondary N) is 1. The van der Waals surface area contributed by atoms with Gasteiger partial charge in [0.1, 0.15) is 5.82 Å². The maximum Gasteiger partial charge on any atom is 0.435 e. The smallest absolute Gasteiger partial charge is 0.373 e. The lowest BCUT2D eigenvalue weighted by Gasteiger charge is -2.04. The Morgan fingerprint density at radius 1 is 1.24 bits per heavy atom. The molecular formula is C10H9F3N4. The fourth-order valence-electron chi connectivity index (χ4n) is 1.29. The Bertz CT molecular complexity index is 518. The van der Waals surface area contributed by atoms with Crippen LogP contribution in [-0.2, 0) is 6.18 Å². The van der Waals surface area contributed by atoms with E-state index in [2.05, 4.69) is 15.4 Å². The fraction of sp³-hybridized carbons (Fsp3) is 0.200. The molecule has 90 valence electrons. The van der Waals surface area contributed by atoms with Crippen LogP contribution in [-0.4, -0.2) is 21.8 Å². The normalized spacial score (nSPS) is 11.5. The Labute approximate surface area is 95.1 Å². The van der Waals surface area contributed by atoms with E-state index in [-0.39, 0.29) is 0 Å². The van der Waals surface area contributed by atoms with Gasteiger partial charge in [-0.2, -0.15) is 18.3 Å². The molecule has 2 heterocycles. The third-order valence-corrected chi connectivity index (χ3v) is 2.10. The zero-order valence-corrected chi connectivity index (χ0v) is 8.86. The van der Waals surface area contributed by atoms with Crippen LogP contribution in [0.2, 0.25) is 0 Å². The molecule has 17 heavy (non-hydrogen) atoms. The Kier molecular flexibility index (Phi) is 2.74. The van der Waals surface area contributed by atoms with Crippen LogP contribution in [0, 0.1) is 0 Å². The summed E-state index contributed by atoms with van der Waals surface area (Å²) in [6, 6.07) is 5.88. The second-order valence-corrected chi connectivity index (χ2v) is 3.27. The molecule has 0 saturated heterocycles. The third kappa shape index (κ3) is 2.38. The van der Waals surface area contributed by atoms with Crippen LogP contribution < -0.4 is 5.32 Å². The second kappa shape index (κ2) is 4.08. The van der Waals surface area contributed by atoms with Crippen LogP contribution in [0.1, 0.15) is 5.69 Å². The standard InChI is InChI=1S/C10H9F3N4/c1-14-8-3-2-4-9(15-8)17-6-5-7(16-17)10(11,12)13/h2-6H,1H3,(H,14,15). The summed E-state index contributed by atoms with van der Waals surface area (Å²) in [5, 5.41) is 6.23. The third-order valence-electron chi connectivity index (χ3n) is 2.10. The number of aromatic nitrogens is 3. The highest BCUT2D eigenvalue weighted by molar-refractivity contribution is 5.38. The van der Waals surface area contributed by atoms with Crippen LogP contribution in [0.15, 0.2) is 30.5 Å². The van der Waals surface area contributed by atoms with Gasteiger partial charge in [-0.25, -0.2) is 9.67 Å². The number of hydrogen-bond acceptors (Lipinski definition) is 3. The van der Waals surface area contributed by atoms with Crippen molar-refractivity contribution in [1.29, 1.82) is 0 Å². The van der Waals surface area contributed by atoms with Gasteiger partial charge >= 0.3 is 6.18 Å². The topological polar surface area (TPSA) is 42.7 Å². The van der Waals surface area contributed by atoms with Crippen LogP contribution in [0.5, 0.6) is 0 Å². The largest absolute Gasteiger partial charge is 0.435 e. The van der Waals surface area contributed by atoms with Crippen LogP contribution >= 0.6 is 0 Å². The molecule has 0 aliphatic rings. The van der Waals surface area contributed by atoms with Crippen molar-refractivity contribution in [3.63, 3.8) is 0 Å². The molecule has 0 aliphatic heterocycles. The van der Waals surface area contributed by atoms with E-state index in [1.54, 1.807) is 25.2 Å².